The molecule has 0 fully saturated rings. The number of halogens is 3. The van der Waals surface area contributed by atoms with Crippen molar-refractivity contribution in [2.24, 2.45) is 0 Å². The minimum absolute atomic E-state index is 0.0571. The number of nitrogens with two attached hydrogens (primary N) is 1. The third-order valence-corrected chi connectivity index (χ3v) is 2.85. The van der Waals surface area contributed by atoms with Crippen LogP contribution in [-0.4, -0.2) is 14.9 Å². The number of benzene rings is 1. The number of nitrogens with zero attached hydrogens (tertiary/aromatic N) is 3. The molecule has 0 unspecified atom stereocenters. The number of ether oxygens (including phenoxy) is 1. The van der Waals surface area contributed by atoms with Crippen LogP contribution in [0.4, 0.5) is 20.4 Å². The van der Waals surface area contributed by atoms with Gasteiger partial charge in [-0.25, -0.2) is 9.37 Å². The van der Waals surface area contributed by atoms with Gasteiger partial charge in [0.05, 0.1) is 4.92 Å². The molecule has 0 aliphatic rings. The summed E-state index contributed by atoms with van der Waals surface area (Å²) in [6.07, 6.45) is 0. The van der Waals surface area contributed by atoms with Gasteiger partial charge in [-0.3, -0.25) is 10.1 Å². The van der Waals surface area contributed by atoms with Crippen molar-refractivity contribution in [3.05, 3.63) is 44.0 Å². The number of rotatable bonds is 3. The molecular weight excluding hydrogens is 354 g/mol. The summed E-state index contributed by atoms with van der Waals surface area (Å²) in [6, 6.07) is 1.99. The third kappa shape index (κ3) is 3.05. The second kappa shape index (κ2) is 5.56. The Morgan fingerprint density at radius 1 is 1.38 bits per heavy atom. The Hall–Kier alpha value is -2.36. The molecule has 1 aromatic heterocycles. The number of nitrogen functional groups attached to an aromatic ring is 1. The SMILES string of the molecule is Cc1nc(N)nc(Oc2cc(Br)cc(F)c2F)c1[N+](=O)[O-]. The highest BCUT2D eigenvalue weighted by atomic mass is 79.9. The number of aryl methyl sites for hydroxylation is 1. The molecule has 0 saturated carbocycles. The molecule has 110 valence electrons. The van der Waals surface area contributed by atoms with Gasteiger partial charge in [0.25, 0.3) is 0 Å². The number of aromatic nitrogens is 2. The molecule has 0 aliphatic heterocycles. The summed E-state index contributed by atoms with van der Waals surface area (Å²) in [5.74, 6) is -3.91. The van der Waals surface area contributed by atoms with Gasteiger partial charge in [0.2, 0.25) is 11.8 Å². The lowest BCUT2D eigenvalue weighted by molar-refractivity contribution is -0.386. The summed E-state index contributed by atoms with van der Waals surface area (Å²) in [6.45, 7) is 1.32. The Labute approximate surface area is 125 Å². The number of nitro groups is 1. The predicted octanol–water partition coefficient (Wildman–Crippen LogP) is 3.11. The molecule has 0 spiro atoms. The lowest BCUT2D eigenvalue weighted by atomic mass is 10.3. The highest BCUT2D eigenvalue weighted by Gasteiger charge is 2.25. The zero-order valence-electron chi connectivity index (χ0n) is 10.4. The molecule has 2 rings (SSSR count). The van der Waals surface area contributed by atoms with Crippen molar-refractivity contribution in [2.45, 2.75) is 6.92 Å². The van der Waals surface area contributed by atoms with Crippen LogP contribution in [0.15, 0.2) is 16.6 Å². The minimum Gasteiger partial charge on any atom is -0.430 e. The molecular formula is C11H7BrF2N4O3. The van der Waals surface area contributed by atoms with Crippen molar-refractivity contribution < 1.29 is 18.4 Å². The molecule has 7 nitrogen and oxygen atoms in total. The van der Waals surface area contributed by atoms with E-state index in [0.29, 0.717) is 0 Å². The van der Waals surface area contributed by atoms with E-state index in [-0.39, 0.29) is 16.1 Å². The molecule has 10 heteroatoms. The van der Waals surface area contributed by atoms with Crippen molar-refractivity contribution in [1.82, 2.24) is 9.97 Å². The Kier molecular flexibility index (Phi) is 3.98. The summed E-state index contributed by atoms with van der Waals surface area (Å²) in [4.78, 5) is 17.4. The van der Waals surface area contributed by atoms with Gasteiger partial charge in [0, 0.05) is 4.47 Å². The van der Waals surface area contributed by atoms with Crippen LogP contribution in [0, 0.1) is 28.7 Å². The molecule has 21 heavy (non-hydrogen) atoms. The fraction of sp³-hybridized carbons (Fsp3) is 0.0909. The quantitative estimate of drug-likeness (QED) is 0.512. The van der Waals surface area contributed by atoms with Gasteiger partial charge >= 0.3 is 11.6 Å². The van der Waals surface area contributed by atoms with Crippen LogP contribution in [0.25, 0.3) is 0 Å². The number of anilines is 1. The first kappa shape index (κ1) is 15.0. The summed E-state index contributed by atoms with van der Waals surface area (Å²) < 4.78 is 32.1. The van der Waals surface area contributed by atoms with Crippen molar-refractivity contribution in [2.75, 3.05) is 5.73 Å². The Bertz CT molecular complexity index is 742. The molecule has 2 N–H and O–H groups in total. The Morgan fingerprint density at radius 2 is 2.05 bits per heavy atom. The van der Waals surface area contributed by atoms with E-state index in [1.165, 1.54) is 6.92 Å². The highest BCUT2D eigenvalue weighted by molar-refractivity contribution is 9.10. The molecule has 0 bridgehead atoms. The largest absolute Gasteiger partial charge is 0.430 e. The average molecular weight is 361 g/mol. The van der Waals surface area contributed by atoms with Crippen molar-refractivity contribution in [3.8, 4) is 11.6 Å². The van der Waals surface area contributed by atoms with Gasteiger partial charge in [0.1, 0.15) is 5.69 Å². The van der Waals surface area contributed by atoms with Gasteiger partial charge in [-0.15, -0.1) is 0 Å². The fourth-order valence-corrected chi connectivity index (χ4v) is 1.96. The van der Waals surface area contributed by atoms with Gasteiger partial charge in [-0.05, 0) is 19.1 Å². The van der Waals surface area contributed by atoms with E-state index in [0.717, 1.165) is 12.1 Å². The smallest absolute Gasteiger partial charge is 0.352 e. The first-order valence-electron chi connectivity index (χ1n) is 5.40. The standard InChI is InChI=1S/C11H7BrF2N4O3/c1-4-9(18(19)20)10(17-11(15)16-4)21-7-3-5(12)2-6(13)8(7)14/h2-3H,1H3,(H2,15,16,17). The Morgan fingerprint density at radius 3 is 2.67 bits per heavy atom. The lowest BCUT2D eigenvalue weighted by Crippen LogP contribution is -2.05. The molecule has 0 atom stereocenters. The summed E-state index contributed by atoms with van der Waals surface area (Å²) in [5, 5.41) is 11.0. The molecule has 0 aliphatic carbocycles. The van der Waals surface area contributed by atoms with E-state index < -0.39 is 33.9 Å². The summed E-state index contributed by atoms with van der Waals surface area (Å²) >= 11 is 2.96. The maximum atomic E-state index is 13.6. The first-order chi connectivity index (χ1) is 9.79. The van der Waals surface area contributed by atoms with Crippen LogP contribution in [0.2, 0.25) is 0 Å². The van der Waals surface area contributed by atoms with E-state index in [2.05, 4.69) is 25.9 Å². The van der Waals surface area contributed by atoms with Crippen LogP contribution in [0.5, 0.6) is 11.6 Å². The van der Waals surface area contributed by atoms with Crippen molar-refractivity contribution in [1.29, 1.82) is 0 Å². The molecule has 0 radical (unpaired) electrons. The van der Waals surface area contributed by atoms with E-state index in [4.69, 9.17) is 10.5 Å². The second-order valence-electron chi connectivity index (χ2n) is 3.88. The molecule has 2 aromatic rings. The normalized spacial score (nSPS) is 10.5. The van der Waals surface area contributed by atoms with Gasteiger partial charge < -0.3 is 10.5 Å². The monoisotopic (exact) mass is 360 g/mol. The van der Waals surface area contributed by atoms with Crippen LogP contribution < -0.4 is 10.5 Å². The number of hydrogen-bond donors (Lipinski definition) is 1. The van der Waals surface area contributed by atoms with E-state index in [1.54, 1.807) is 0 Å². The van der Waals surface area contributed by atoms with Crippen LogP contribution in [0.3, 0.4) is 0 Å². The van der Waals surface area contributed by atoms with Crippen LogP contribution in [-0.2, 0) is 0 Å². The van der Waals surface area contributed by atoms with Crippen LogP contribution in [0.1, 0.15) is 5.69 Å². The Balaban J connectivity index is 2.57. The number of hydrogen-bond acceptors (Lipinski definition) is 6. The van der Waals surface area contributed by atoms with Crippen LogP contribution >= 0.6 is 15.9 Å². The van der Waals surface area contributed by atoms with E-state index in [1.807, 2.05) is 0 Å². The molecule has 1 heterocycles. The fourth-order valence-electron chi connectivity index (χ4n) is 1.55. The average Bonchev–Trinajstić information content (AvgIpc) is 2.33. The second-order valence-corrected chi connectivity index (χ2v) is 4.80. The molecule has 1 aromatic carbocycles. The summed E-state index contributed by atoms with van der Waals surface area (Å²) in [7, 11) is 0. The maximum absolute atomic E-state index is 13.6. The van der Waals surface area contributed by atoms with Gasteiger partial charge in [-0.2, -0.15) is 9.37 Å². The first-order valence-corrected chi connectivity index (χ1v) is 6.19. The summed E-state index contributed by atoms with van der Waals surface area (Å²) in [5.41, 5.74) is 4.74. The van der Waals surface area contributed by atoms with E-state index >= 15 is 0 Å². The lowest BCUT2D eigenvalue weighted by Gasteiger charge is -2.08. The molecule has 0 amide bonds. The van der Waals surface area contributed by atoms with E-state index in [9.17, 15) is 18.9 Å². The van der Waals surface area contributed by atoms with Crippen molar-refractivity contribution >= 4 is 27.6 Å². The third-order valence-electron chi connectivity index (χ3n) is 2.39. The van der Waals surface area contributed by atoms with Gasteiger partial charge in [0.15, 0.2) is 11.6 Å². The zero-order chi connectivity index (χ0) is 15.7. The maximum Gasteiger partial charge on any atom is 0.352 e. The predicted molar refractivity (Wildman–Crippen MR) is 72.0 cm³/mol. The zero-order valence-corrected chi connectivity index (χ0v) is 12.0. The highest BCUT2D eigenvalue weighted by Crippen LogP contribution is 2.34. The van der Waals surface area contributed by atoms with Crippen molar-refractivity contribution in [3.63, 3.8) is 0 Å². The minimum atomic E-state index is -1.30. The topological polar surface area (TPSA) is 104 Å². The molecule has 0 saturated heterocycles. The van der Waals surface area contributed by atoms with Gasteiger partial charge in [-0.1, -0.05) is 15.9 Å².